The van der Waals surface area contributed by atoms with Crippen molar-refractivity contribution in [1.82, 2.24) is 15.0 Å². The second kappa shape index (κ2) is 6.58. The van der Waals surface area contributed by atoms with Crippen LogP contribution in [0, 0.1) is 12.7 Å². The number of nitrogens with zero attached hydrogens (tertiary/aromatic N) is 3. The van der Waals surface area contributed by atoms with Crippen molar-refractivity contribution in [1.29, 1.82) is 0 Å². The fourth-order valence-electron chi connectivity index (χ4n) is 3.04. The van der Waals surface area contributed by atoms with E-state index in [0.29, 0.717) is 0 Å². The zero-order chi connectivity index (χ0) is 15.5. The second-order valence-electron chi connectivity index (χ2n) is 5.94. The van der Waals surface area contributed by atoms with E-state index in [1.165, 1.54) is 6.07 Å². The Labute approximate surface area is 130 Å². The average molecular weight is 303 g/mol. The molecule has 0 radical (unpaired) electrons. The zero-order valence-corrected chi connectivity index (χ0v) is 13.1. The summed E-state index contributed by atoms with van der Waals surface area (Å²) < 4.78 is 19.0. The van der Waals surface area contributed by atoms with Gasteiger partial charge in [0.05, 0.1) is 5.69 Å². The first-order valence-corrected chi connectivity index (χ1v) is 7.76. The van der Waals surface area contributed by atoms with Gasteiger partial charge in [0.2, 0.25) is 0 Å². The van der Waals surface area contributed by atoms with Gasteiger partial charge in [0, 0.05) is 50.4 Å². The fourth-order valence-corrected chi connectivity index (χ4v) is 3.04. The van der Waals surface area contributed by atoms with E-state index < -0.39 is 0 Å². The molecule has 1 aliphatic heterocycles. The molecule has 0 saturated carbocycles. The molecule has 5 heteroatoms. The van der Waals surface area contributed by atoms with Gasteiger partial charge >= 0.3 is 0 Å². The summed E-state index contributed by atoms with van der Waals surface area (Å²) in [5, 5.41) is 4.04. The number of hydrogen-bond acceptors (Lipinski definition) is 4. The minimum absolute atomic E-state index is 0.109. The predicted molar refractivity (Wildman–Crippen MR) is 82.9 cm³/mol. The predicted octanol–water partition coefficient (Wildman–Crippen LogP) is 3.00. The van der Waals surface area contributed by atoms with E-state index in [9.17, 15) is 4.39 Å². The van der Waals surface area contributed by atoms with Crippen LogP contribution >= 0.6 is 0 Å². The van der Waals surface area contributed by atoms with Crippen LogP contribution in [0.15, 0.2) is 34.9 Å². The van der Waals surface area contributed by atoms with Crippen LogP contribution < -0.4 is 0 Å². The first kappa shape index (κ1) is 15.2. The van der Waals surface area contributed by atoms with Gasteiger partial charge in [-0.15, -0.1) is 0 Å². The number of aromatic nitrogens is 1. The highest BCUT2D eigenvalue weighted by Crippen LogP contribution is 2.24. The summed E-state index contributed by atoms with van der Waals surface area (Å²) in [5.74, 6) is 0.734. The van der Waals surface area contributed by atoms with Crippen LogP contribution in [0.5, 0.6) is 0 Å². The fraction of sp³-hybridized carbons (Fsp3) is 0.471. The summed E-state index contributed by atoms with van der Waals surface area (Å²) in [6.45, 7) is 8.60. The lowest BCUT2D eigenvalue weighted by Gasteiger charge is -2.38. The van der Waals surface area contributed by atoms with E-state index in [1.807, 2.05) is 25.1 Å². The molecule has 22 heavy (non-hydrogen) atoms. The van der Waals surface area contributed by atoms with Gasteiger partial charge in [-0.2, -0.15) is 0 Å². The lowest BCUT2D eigenvalue weighted by molar-refractivity contribution is 0.0950. The van der Waals surface area contributed by atoms with Crippen LogP contribution in [0.25, 0.3) is 0 Å². The standard InChI is InChI=1S/C17H22FN3O/c1-13-11-15(19-22-13)12-20-7-9-21(10-8-20)14(2)16-5-3-4-6-17(16)18/h3-6,11,14H,7-10,12H2,1-2H3/t14-/m1/s1. The summed E-state index contributed by atoms with van der Waals surface area (Å²) in [5.41, 5.74) is 1.76. The molecule has 0 aliphatic carbocycles. The van der Waals surface area contributed by atoms with Crippen molar-refractivity contribution in [2.24, 2.45) is 0 Å². The molecule has 3 rings (SSSR count). The van der Waals surface area contributed by atoms with Crippen LogP contribution in [-0.4, -0.2) is 41.1 Å². The smallest absolute Gasteiger partial charge is 0.133 e. The molecule has 1 saturated heterocycles. The SMILES string of the molecule is Cc1cc(CN2CCN([C@H](C)c3ccccc3F)CC2)no1. The Morgan fingerprint density at radius 2 is 1.95 bits per heavy atom. The van der Waals surface area contributed by atoms with Crippen molar-refractivity contribution in [2.75, 3.05) is 26.2 Å². The third-order valence-electron chi connectivity index (χ3n) is 4.37. The second-order valence-corrected chi connectivity index (χ2v) is 5.94. The third kappa shape index (κ3) is 3.36. The van der Waals surface area contributed by atoms with E-state index >= 15 is 0 Å². The van der Waals surface area contributed by atoms with Gasteiger partial charge in [-0.3, -0.25) is 9.80 Å². The zero-order valence-electron chi connectivity index (χ0n) is 13.1. The van der Waals surface area contributed by atoms with Gasteiger partial charge in [0.1, 0.15) is 11.6 Å². The van der Waals surface area contributed by atoms with Gasteiger partial charge in [-0.1, -0.05) is 23.4 Å². The van der Waals surface area contributed by atoms with Gasteiger partial charge in [-0.05, 0) is 19.9 Å². The molecular weight excluding hydrogens is 281 g/mol. The quantitative estimate of drug-likeness (QED) is 0.869. The molecule has 1 atom stereocenters. The molecule has 1 aliphatic rings. The Kier molecular flexibility index (Phi) is 4.55. The summed E-state index contributed by atoms with van der Waals surface area (Å²) in [6, 6.07) is 9.15. The highest BCUT2D eigenvalue weighted by atomic mass is 19.1. The molecule has 0 N–H and O–H groups in total. The van der Waals surface area contributed by atoms with Crippen LogP contribution in [0.1, 0.15) is 30.0 Å². The van der Waals surface area contributed by atoms with Crippen molar-refractivity contribution < 1.29 is 8.91 Å². The molecule has 0 bridgehead atoms. The molecule has 1 aromatic carbocycles. The number of halogens is 1. The lowest BCUT2D eigenvalue weighted by atomic mass is 10.1. The first-order valence-electron chi connectivity index (χ1n) is 7.76. The van der Waals surface area contributed by atoms with Gasteiger partial charge < -0.3 is 4.52 Å². The van der Waals surface area contributed by atoms with Crippen LogP contribution in [0.2, 0.25) is 0 Å². The molecule has 1 fully saturated rings. The van der Waals surface area contributed by atoms with Crippen LogP contribution in [-0.2, 0) is 6.54 Å². The molecule has 2 aromatic rings. The minimum atomic E-state index is -0.115. The maximum Gasteiger partial charge on any atom is 0.133 e. The Bertz CT molecular complexity index is 620. The van der Waals surface area contributed by atoms with Crippen molar-refractivity contribution in [2.45, 2.75) is 26.4 Å². The minimum Gasteiger partial charge on any atom is -0.361 e. The van der Waals surface area contributed by atoms with Crippen LogP contribution in [0.4, 0.5) is 4.39 Å². The molecule has 2 heterocycles. The molecule has 0 unspecified atom stereocenters. The van der Waals surface area contributed by atoms with Crippen LogP contribution in [0.3, 0.4) is 0 Å². The number of benzene rings is 1. The summed E-state index contributed by atoms with van der Waals surface area (Å²) in [6.07, 6.45) is 0. The normalized spacial score (nSPS) is 18.5. The molecule has 4 nitrogen and oxygen atoms in total. The Morgan fingerprint density at radius 1 is 1.23 bits per heavy atom. The summed E-state index contributed by atoms with van der Waals surface area (Å²) in [4.78, 5) is 4.70. The number of hydrogen-bond donors (Lipinski definition) is 0. The van der Waals surface area contributed by atoms with Gasteiger partial charge in [0.15, 0.2) is 0 Å². The maximum atomic E-state index is 13.9. The number of piperazine rings is 1. The number of rotatable bonds is 4. The topological polar surface area (TPSA) is 32.5 Å². The molecule has 0 spiro atoms. The maximum absolute atomic E-state index is 13.9. The van der Waals surface area contributed by atoms with E-state index in [2.05, 4.69) is 21.9 Å². The van der Waals surface area contributed by atoms with E-state index in [4.69, 9.17) is 4.52 Å². The molecular formula is C17H22FN3O. The van der Waals surface area contributed by atoms with Crippen molar-refractivity contribution in [3.63, 3.8) is 0 Å². The number of aryl methyl sites for hydroxylation is 1. The van der Waals surface area contributed by atoms with Gasteiger partial charge in [-0.25, -0.2) is 4.39 Å². The highest BCUT2D eigenvalue weighted by molar-refractivity contribution is 5.20. The van der Waals surface area contributed by atoms with Gasteiger partial charge in [0.25, 0.3) is 0 Å². The lowest BCUT2D eigenvalue weighted by Crippen LogP contribution is -2.46. The average Bonchev–Trinajstić information content (AvgIpc) is 2.93. The Morgan fingerprint density at radius 3 is 2.59 bits per heavy atom. The van der Waals surface area contributed by atoms with Crippen molar-refractivity contribution >= 4 is 0 Å². The largest absolute Gasteiger partial charge is 0.361 e. The monoisotopic (exact) mass is 303 g/mol. The molecule has 118 valence electrons. The van der Waals surface area contributed by atoms with Crippen molar-refractivity contribution in [3.8, 4) is 0 Å². The summed E-state index contributed by atoms with van der Waals surface area (Å²) in [7, 11) is 0. The Balaban J connectivity index is 1.56. The van der Waals surface area contributed by atoms with E-state index in [1.54, 1.807) is 6.07 Å². The molecule has 1 aromatic heterocycles. The van der Waals surface area contributed by atoms with E-state index in [-0.39, 0.29) is 11.9 Å². The third-order valence-corrected chi connectivity index (χ3v) is 4.37. The summed E-state index contributed by atoms with van der Waals surface area (Å²) >= 11 is 0. The first-order chi connectivity index (χ1) is 10.6. The highest BCUT2D eigenvalue weighted by Gasteiger charge is 2.24. The van der Waals surface area contributed by atoms with E-state index in [0.717, 1.165) is 49.7 Å². The van der Waals surface area contributed by atoms with Crippen molar-refractivity contribution in [3.05, 3.63) is 53.2 Å². The Hall–Kier alpha value is -1.72. The molecule has 0 amide bonds.